The Morgan fingerprint density at radius 3 is 2.33 bits per heavy atom. The molecule has 1 unspecified atom stereocenters. The quantitative estimate of drug-likeness (QED) is 0.916. The average molecular weight is 261 g/mol. The highest BCUT2D eigenvalue weighted by atomic mass is 32.1. The zero-order chi connectivity index (χ0) is 13.1. The maximum absolute atomic E-state index is 10.1. The largest absolute Gasteiger partial charge is 0.392 e. The summed E-state index contributed by atoms with van der Waals surface area (Å²) in [5.41, 5.74) is 4.74. The summed E-state index contributed by atoms with van der Waals surface area (Å²) in [6.07, 6.45) is 0.990. The lowest BCUT2D eigenvalue weighted by atomic mass is 10.0. The highest BCUT2D eigenvalue weighted by Gasteiger charge is 2.10. The number of aliphatic hydroxyl groups is 1. The van der Waals surface area contributed by atoms with Gasteiger partial charge in [0.1, 0.15) is 0 Å². The first-order valence-corrected chi connectivity index (χ1v) is 7.07. The maximum atomic E-state index is 10.1. The normalized spacial score (nSPS) is 12.7. The van der Waals surface area contributed by atoms with Crippen LogP contribution < -0.4 is 0 Å². The number of benzene rings is 1. The van der Waals surface area contributed by atoms with Gasteiger partial charge in [0.25, 0.3) is 0 Å². The minimum atomic E-state index is -0.350. The number of hydrogen-bond donors (Lipinski definition) is 1. The molecule has 0 saturated heterocycles. The molecule has 1 N–H and O–H groups in total. The van der Waals surface area contributed by atoms with Crippen LogP contribution in [0.15, 0.2) is 23.6 Å². The van der Waals surface area contributed by atoms with E-state index < -0.39 is 0 Å². The fraction of sp³-hybridized carbons (Fsp3) is 0.400. The van der Waals surface area contributed by atoms with E-state index in [4.69, 9.17) is 0 Å². The van der Waals surface area contributed by atoms with E-state index >= 15 is 0 Å². The molecule has 0 spiro atoms. The summed E-state index contributed by atoms with van der Waals surface area (Å²) in [5, 5.41) is 13.2. The molecule has 0 aliphatic carbocycles. The van der Waals surface area contributed by atoms with Crippen molar-refractivity contribution in [1.29, 1.82) is 0 Å². The van der Waals surface area contributed by atoms with Gasteiger partial charge in [-0.15, -0.1) is 11.3 Å². The van der Waals surface area contributed by atoms with Crippen LogP contribution in [-0.4, -0.2) is 16.2 Å². The first-order chi connectivity index (χ1) is 8.52. The smallest absolute Gasteiger partial charge is 0.0954 e. The van der Waals surface area contributed by atoms with Gasteiger partial charge in [0, 0.05) is 17.5 Å². The number of aliphatic hydroxyl groups excluding tert-OH is 1. The first-order valence-electron chi connectivity index (χ1n) is 6.19. The van der Waals surface area contributed by atoms with Gasteiger partial charge in [-0.2, -0.15) is 0 Å². The zero-order valence-corrected chi connectivity index (χ0v) is 11.9. The summed E-state index contributed by atoms with van der Waals surface area (Å²) >= 11 is 1.62. The van der Waals surface area contributed by atoms with Crippen molar-refractivity contribution in [3.8, 4) is 0 Å². The average Bonchev–Trinajstić information content (AvgIpc) is 2.61. The maximum Gasteiger partial charge on any atom is 0.0954 e. The van der Waals surface area contributed by atoms with Gasteiger partial charge < -0.3 is 5.11 Å². The van der Waals surface area contributed by atoms with Crippen molar-refractivity contribution in [3.63, 3.8) is 0 Å². The Kier molecular flexibility index (Phi) is 4.15. The van der Waals surface area contributed by atoms with Crippen LogP contribution in [0.25, 0.3) is 0 Å². The molecule has 2 nitrogen and oxygen atoms in total. The summed E-state index contributed by atoms with van der Waals surface area (Å²) < 4.78 is 0. The fourth-order valence-corrected chi connectivity index (χ4v) is 3.07. The van der Waals surface area contributed by atoms with Crippen LogP contribution in [0.1, 0.15) is 27.4 Å². The van der Waals surface area contributed by atoms with Gasteiger partial charge in [-0.1, -0.05) is 29.3 Å². The molecule has 1 atom stereocenters. The van der Waals surface area contributed by atoms with Crippen molar-refractivity contribution < 1.29 is 5.11 Å². The molecule has 0 amide bonds. The molecule has 96 valence electrons. The number of aromatic nitrogens is 1. The standard InChI is InChI=1S/C15H19NOS/c1-10-4-11(2)6-13(5-10)7-14(17)8-15-16-12(3)9-18-15/h4-6,9,14,17H,7-8H2,1-3H3. The predicted molar refractivity (Wildman–Crippen MR) is 76.2 cm³/mol. The zero-order valence-electron chi connectivity index (χ0n) is 11.1. The Morgan fingerprint density at radius 2 is 1.78 bits per heavy atom. The van der Waals surface area contributed by atoms with Crippen LogP contribution in [-0.2, 0) is 12.8 Å². The molecule has 0 aliphatic heterocycles. The molecule has 1 aromatic heterocycles. The van der Waals surface area contributed by atoms with Crippen molar-refractivity contribution >= 4 is 11.3 Å². The molecular weight excluding hydrogens is 242 g/mol. The third-order valence-corrected chi connectivity index (χ3v) is 3.82. The molecule has 18 heavy (non-hydrogen) atoms. The molecule has 0 bridgehead atoms. The van der Waals surface area contributed by atoms with E-state index in [0.29, 0.717) is 12.8 Å². The van der Waals surface area contributed by atoms with Crippen molar-refractivity contribution in [2.75, 3.05) is 0 Å². The minimum Gasteiger partial charge on any atom is -0.392 e. The van der Waals surface area contributed by atoms with Crippen LogP contribution in [0.3, 0.4) is 0 Å². The molecule has 2 rings (SSSR count). The van der Waals surface area contributed by atoms with Gasteiger partial charge in [0.05, 0.1) is 11.1 Å². The number of rotatable bonds is 4. The van der Waals surface area contributed by atoms with Crippen LogP contribution in [0.5, 0.6) is 0 Å². The second-order valence-electron chi connectivity index (χ2n) is 4.94. The van der Waals surface area contributed by atoms with E-state index in [0.717, 1.165) is 10.7 Å². The third kappa shape index (κ3) is 3.65. The SMILES string of the molecule is Cc1cc(C)cc(CC(O)Cc2nc(C)cs2)c1. The van der Waals surface area contributed by atoms with E-state index in [2.05, 4.69) is 37.0 Å². The summed E-state index contributed by atoms with van der Waals surface area (Å²) in [6, 6.07) is 6.44. The van der Waals surface area contributed by atoms with Gasteiger partial charge >= 0.3 is 0 Å². The second kappa shape index (κ2) is 5.63. The van der Waals surface area contributed by atoms with Crippen LogP contribution in [0, 0.1) is 20.8 Å². The highest BCUT2D eigenvalue weighted by Crippen LogP contribution is 2.15. The fourth-order valence-electron chi connectivity index (χ4n) is 2.23. The number of nitrogens with zero attached hydrogens (tertiary/aromatic N) is 1. The predicted octanol–water partition coefficient (Wildman–Crippen LogP) is 3.21. The van der Waals surface area contributed by atoms with Crippen molar-refractivity contribution in [1.82, 2.24) is 4.98 Å². The monoisotopic (exact) mass is 261 g/mol. The number of hydrogen-bond acceptors (Lipinski definition) is 3. The van der Waals surface area contributed by atoms with E-state index in [9.17, 15) is 5.11 Å². The Labute approximate surface area is 112 Å². The molecule has 1 heterocycles. The second-order valence-corrected chi connectivity index (χ2v) is 5.88. The van der Waals surface area contributed by atoms with Crippen LogP contribution in [0.2, 0.25) is 0 Å². The van der Waals surface area contributed by atoms with Gasteiger partial charge in [0.2, 0.25) is 0 Å². The molecule has 2 aromatic rings. The Bertz CT molecular complexity index is 513. The third-order valence-electron chi connectivity index (χ3n) is 2.83. The van der Waals surface area contributed by atoms with Gasteiger partial charge in [0.15, 0.2) is 0 Å². The Balaban J connectivity index is 2.00. The van der Waals surface area contributed by atoms with Crippen molar-refractivity contribution in [2.45, 2.75) is 39.7 Å². The first kappa shape index (κ1) is 13.2. The van der Waals surface area contributed by atoms with E-state index in [1.807, 2.05) is 12.3 Å². The summed E-state index contributed by atoms with van der Waals surface area (Å²) in [7, 11) is 0. The topological polar surface area (TPSA) is 33.1 Å². The van der Waals surface area contributed by atoms with E-state index in [-0.39, 0.29) is 6.10 Å². The molecule has 0 aliphatic rings. The van der Waals surface area contributed by atoms with Crippen molar-refractivity contribution in [2.24, 2.45) is 0 Å². The Hall–Kier alpha value is -1.19. The molecular formula is C15H19NOS. The van der Waals surface area contributed by atoms with Gasteiger partial charge in [-0.25, -0.2) is 4.98 Å². The summed E-state index contributed by atoms with van der Waals surface area (Å²) in [5.74, 6) is 0. The molecule has 0 radical (unpaired) electrons. The van der Waals surface area contributed by atoms with Crippen molar-refractivity contribution in [3.05, 3.63) is 51.0 Å². The number of aryl methyl sites for hydroxylation is 3. The highest BCUT2D eigenvalue weighted by molar-refractivity contribution is 7.09. The van der Waals surface area contributed by atoms with Gasteiger partial charge in [-0.05, 0) is 32.8 Å². The van der Waals surface area contributed by atoms with Gasteiger partial charge in [-0.3, -0.25) is 0 Å². The Morgan fingerprint density at radius 1 is 1.11 bits per heavy atom. The lowest BCUT2D eigenvalue weighted by molar-refractivity contribution is 0.175. The van der Waals surface area contributed by atoms with E-state index in [1.54, 1.807) is 11.3 Å². The molecule has 3 heteroatoms. The minimum absolute atomic E-state index is 0.350. The molecule has 0 fully saturated rings. The summed E-state index contributed by atoms with van der Waals surface area (Å²) in [4.78, 5) is 4.39. The van der Waals surface area contributed by atoms with E-state index in [1.165, 1.54) is 16.7 Å². The molecule has 1 aromatic carbocycles. The van der Waals surface area contributed by atoms with Crippen LogP contribution in [0.4, 0.5) is 0 Å². The lowest BCUT2D eigenvalue weighted by Gasteiger charge is -2.10. The summed E-state index contributed by atoms with van der Waals surface area (Å²) in [6.45, 7) is 6.16. The molecule has 0 saturated carbocycles. The van der Waals surface area contributed by atoms with Crippen LogP contribution >= 0.6 is 11.3 Å². The lowest BCUT2D eigenvalue weighted by Crippen LogP contribution is -2.14. The number of thiazole rings is 1.